The quantitative estimate of drug-likeness (QED) is 0.909. The predicted octanol–water partition coefficient (Wildman–Crippen LogP) is 1.29. The molecule has 1 amide bonds. The summed E-state index contributed by atoms with van der Waals surface area (Å²) in [7, 11) is 0. The molecule has 126 valence electrons. The number of aromatic nitrogens is 2. The molecule has 0 aromatic carbocycles. The van der Waals surface area contributed by atoms with Crippen molar-refractivity contribution in [2.24, 2.45) is 5.41 Å². The van der Waals surface area contributed by atoms with E-state index >= 15 is 0 Å². The Labute approximate surface area is 137 Å². The largest absolute Gasteiger partial charge is 0.395 e. The van der Waals surface area contributed by atoms with Gasteiger partial charge in [0.25, 0.3) is 0 Å². The number of hydrogen-bond donors (Lipinski definition) is 1. The van der Waals surface area contributed by atoms with Gasteiger partial charge >= 0.3 is 0 Å². The molecule has 1 N–H and O–H groups in total. The summed E-state index contributed by atoms with van der Waals surface area (Å²) in [5, 5.41) is 9.15. The third kappa shape index (κ3) is 3.47. The number of piperidine rings is 2. The fourth-order valence-corrected chi connectivity index (χ4v) is 3.86. The lowest BCUT2D eigenvalue weighted by atomic mass is 9.72. The number of anilines is 1. The minimum atomic E-state index is 0.0460. The monoisotopic (exact) mass is 318 g/mol. The normalized spacial score (nSPS) is 21.1. The van der Waals surface area contributed by atoms with Crippen LogP contribution in [0.25, 0.3) is 0 Å². The number of aliphatic hydroxyl groups excluding tert-OH is 1. The summed E-state index contributed by atoms with van der Waals surface area (Å²) >= 11 is 0. The molecule has 23 heavy (non-hydrogen) atoms. The van der Waals surface area contributed by atoms with E-state index in [4.69, 9.17) is 5.11 Å². The van der Waals surface area contributed by atoms with Crippen molar-refractivity contribution < 1.29 is 9.90 Å². The molecule has 6 nitrogen and oxygen atoms in total. The highest BCUT2D eigenvalue weighted by atomic mass is 16.3. The molecule has 2 aliphatic rings. The highest BCUT2D eigenvalue weighted by molar-refractivity contribution is 5.77. The van der Waals surface area contributed by atoms with Gasteiger partial charge in [0.15, 0.2) is 0 Å². The Hall–Kier alpha value is -1.69. The van der Waals surface area contributed by atoms with Crippen molar-refractivity contribution in [3.8, 4) is 0 Å². The van der Waals surface area contributed by atoms with Crippen molar-refractivity contribution in [3.63, 3.8) is 0 Å². The zero-order chi connectivity index (χ0) is 16.4. The van der Waals surface area contributed by atoms with Gasteiger partial charge in [-0.3, -0.25) is 4.79 Å². The molecule has 0 bridgehead atoms. The van der Waals surface area contributed by atoms with Gasteiger partial charge in [-0.1, -0.05) is 0 Å². The fraction of sp³-hybridized carbons (Fsp3) is 0.706. The molecule has 0 atom stereocenters. The summed E-state index contributed by atoms with van der Waals surface area (Å²) in [6.07, 6.45) is 3.69. The van der Waals surface area contributed by atoms with Crippen molar-refractivity contribution in [3.05, 3.63) is 17.5 Å². The van der Waals surface area contributed by atoms with Crippen LogP contribution in [0.5, 0.6) is 0 Å². The van der Waals surface area contributed by atoms with Crippen molar-refractivity contribution in [1.82, 2.24) is 14.9 Å². The molecule has 2 fully saturated rings. The number of nitrogens with zero attached hydrogens (tertiary/aromatic N) is 4. The Bertz CT molecular complexity index is 562. The number of carbonyl (C=O) groups is 1. The molecular formula is C17H26N4O2. The Kier molecular flexibility index (Phi) is 4.53. The van der Waals surface area contributed by atoms with Gasteiger partial charge < -0.3 is 14.9 Å². The number of aryl methyl sites for hydroxylation is 2. The predicted molar refractivity (Wildman–Crippen MR) is 88.3 cm³/mol. The molecular weight excluding hydrogens is 292 g/mol. The number of hydrogen-bond acceptors (Lipinski definition) is 5. The van der Waals surface area contributed by atoms with Crippen LogP contribution in [0.15, 0.2) is 6.07 Å². The summed E-state index contributed by atoms with van der Waals surface area (Å²) in [6.45, 7) is 7.17. The summed E-state index contributed by atoms with van der Waals surface area (Å²) in [5.74, 6) is 1.01. The Morgan fingerprint density at radius 1 is 1.17 bits per heavy atom. The summed E-state index contributed by atoms with van der Waals surface area (Å²) in [4.78, 5) is 25.2. The molecule has 6 heteroatoms. The molecule has 3 heterocycles. The standard InChI is InChI=1S/C17H26N4O2/c1-13-11-14(2)19-16(18-13)20-7-5-17(6-8-20)4-3-15(23)21(12-17)9-10-22/h11,22H,3-10,12H2,1-2H3. The van der Waals surface area contributed by atoms with E-state index in [1.54, 1.807) is 0 Å². The van der Waals surface area contributed by atoms with Gasteiger partial charge in [0, 0.05) is 44.0 Å². The topological polar surface area (TPSA) is 69.6 Å². The van der Waals surface area contributed by atoms with E-state index in [2.05, 4.69) is 14.9 Å². The van der Waals surface area contributed by atoms with Crippen LogP contribution in [0.2, 0.25) is 0 Å². The first kappa shape index (κ1) is 16.2. The molecule has 0 unspecified atom stereocenters. The van der Waals surface area contributed by atoms with E-state index < -0.39 is 0 Å². The molecule has 2 saturated heterocycles. The maximum atomic E-state index is 12.0. The second-order valence-electron chi connectivity index (χ2n) is 6.98. The van der Waals surface area contributed by atoms with Crippen LogP contribution in [-0.2, 0) is 4.79 Å². The summed E-state index contributed by atoms with van der Waals surface area (Å²) < 4.78 is 0. The van der Waals surface area contributed by atoms with E-state index in [0.29, 0.717) is 13.0 Å². The van der Waals surface area contributed by atoms with Crippen LogP contribution in [-0.4, -0.2) is 58.7 Å². The molecule has 1 spiro atoms. The Morgan fingerprint density at radius 3 is 2.43 bits per heavy atom. The van der Waals surface area contributed by atoms with Crippen LogP contribution >= 0.6 is 0 Å². The van der Waals surface area contributed by atoms with Gasteiger partial charge in [-0.25, -0.2) is 9.97 Å². The molecule has 1 aromatic heterocycles. The van der Waals surface area contributed by atoms with Gasteiger partial charge in [0.2, 0.25) is 11.9 Å². The lowest BCUT2D eigenvalue weighted by molar-refractivity contribution is -0.138. The van der Waals surface area contributed by atoms with E-state index in [1.165, 1.54) is 0 Å². The summed E-state index contributed by atoms with van der Waals surface area (Å²) in [6, 6.07) is 1.99. The first-order valence-electron chi connectivity index (χ1n) is 8.47. The maximum absolute atomic E-state index is 12.0. The number of carbonyl (C=O) groups excluding carboxylic acids is 1. The lowest BCUT2D eigenvalue weighted by Gasteiger charge is -2.47. The van der Waals surface area contributed by atoms with Gasteiger partial charge in [-0.2, -0.15) is 0 Å². The van der Waals surface area contributed by atoms with E-state index in [1.807, 2.05) is 24.8 Å². The van der Waals surface area contributed by atoms with Crippen LogP contribution in [0.1, 0.15) is 37.1 Å². The minimum Gasteiger partial charge on any atom is -0.395 e. The van der Waals surface area contributed by atoms with Crippen molar-refractivity contribution in [1.29, 1.82) is 0 Å². The van der Waals surface area contributed by atoms with E-state index in [0.717, 1.165) is 56.2 Å². The highest BCUT2D eigenvalue weighted by Crippen LogP contribution is 2.40. The number of amides is 1. The zero-order valence-corrected chi connectivity index (χ0v) is 14.1. The van der Waals surface area contributed by atoms with Crippen LogP contribution in [0.3, 0.4) is 0 Å². The summed E-state index contributed by atoms with van der Waals surface area (Å²) in [5.41, 5.74) is 2.22. The van der Waals surface area contributed by atoms with Crippen LogP contribution in [0.4, 0.5) is 5.95 Å². The van der Waals surface area contributed by atoms with Gasteiger partial charge in [0.1, 0.15) is 0 Å². The molecule has 1 aromatic rings. The van der Waals surface area contributed by atoms with Crippen LogP contribution in [0, 0.1) is 19.3 Å². The van der Waals surface area contributed by atoms with Crippen molar-refractivity contribution in [2.45, 2.75) is 39.5 Å². The number of likely N-dealkylation sites (tertiary alicyclic amines) is 1. The first-order chi connectivity index (χ1) is 11.0. The van der Waals surface area contributed by atoms with Crippen molar-refractivity contribution >= 4 is 11.9 Å². The molecule has 3 rings (SSSR count). The first-order valence-corrected chi connectivity index (χ1v) is 8.47. The Balaban J connectivity index is 1.66. The maximum Gasteiger partial charge on any atom is 0.225 e. The number of rotatable bonds is 3. The van der Waals surface area contributed by atoms with E-state index in [9.17, 15) is 4.79 Å². The minimum absolute atomic E-state index is 0.0460. The average Bonchev–Trinajstić information content (AvgIpc) is 2.51. The third-order valence-electron chi connectivity index (χ3n) is 5.20. The Morgan fingerprint density at radius 2 is 1.83 bits per heavy atom. The molecule has 0 saturated carbocycles. The number of β-amino-alcohol motifs (C(OH)–C–C–N with tert-alkyl or cyclic N) is 1. The second kappa shape index (κ2) is 6.43. The average molecular weight is 318 g/mol. The number of aliphatic hydroxyl groups is 1. The SMILES string of the molecule is Cc1cc(C)nc(N2CCC3(CCC(=O)N(CCO)C3)CC2)n1. The van der Waals surface area contributed by atoms with Gasteiger partial charge in [-0.15, -0.1) is 0 Å². The second-order valence-corrected chi connectivity index (χ2v) is 6.98. The fourth-order valence-electron chi connectivity index (χ4n) is 3.86. The van der Waals surface area contributed by atoms with Gasteiger partial charge in [0.05, 0.1) is 6.61 Å². The smallest absolute Gasteiger partial charge is 0.225 e. The lowest BCUT2D eigenvalue weighted by Crippen LogP contribution is -2.52. The third-order valence-corrected chi connectivity index (χ3v) is 5.20. The molecule has 0 radical (unpaired) electrons. The molecule has 0 aliphatic carbocycles. The molecule has 2 aliphatic heterocycles. The zero-order valence-electron chi connectivity index (χ0n) is 14.1. The van der Waals surface area contributed by atoms with Crippen LogP contribution < -0.4 is 4.90 Å². The van der Waals surface area contributed by atoms with E-state index in [-0.39, 0.29) is 17.9 Å². The van der Waals surface area contributed by atoms with Gasteiger partial charge in [-0.05, 0) is 44.6 Å². The highest BCUT2D eigenvalue weighted by Gasteiger charge is 2.41. The van der Waals surface area contributed by atoms with Crippen molar-refractivity contribution in [2.75, 3.05) is 37.7 Å².